The van der Waals surface area contributed by atoms with Crippen LogP contribution in [0.4, 0.5) is 0 Å². The van der Waals surface area contributed by atoms with E-state index in [2.05, 4.69) is 19.6 Å². The number of hydrogen-bond acceptors (Lipinski definition) is 13. The Kier molecular flexibility index (Phi) is 22.4. The van der Waals surface area contributed by atoms with Gasteiger partial charge in [-0.1, -0.05) is 71.1 Å². The van der Waals surface area contributed by atoms with Crippen molar-refractivity contribution in [2.75, 3.05) is 27.9 Å². The first-order chi connectivity index (χ1) is 32.4. The number of carbonyl (C=O) groups is 5. The van der Waals surface area contributed by atoms with Crippen LogP contribution in [0, 0.1) is 35.5 Å². The lowest BCUT2D eigenvalue weighted by Gasteiger charge is -2.42. The third kappa shape index (κ3) is 16.2. The molecule has 69 heavy (non-hydrogen) atoms. The second-order valence-corrected chi connectivity index (χ2v) is 26.3. The van der Waals surface area contributed by atoms with Crippen molar-refractivity contribution in [2.45, 2.75) is 200 Å². The van der Waals surface area contributed by atoms with Gasteiger partial charge in [0.2, 0.25) is 5.79 Å². The summed E-state index contributed by atoms with van der Waals surface area (Å²) in [4.78, 5) is 72.4. The average molecular weight is 986 g/mol. The monoisotopic (exact) mass is 986 g/mol. The molecular formula is C54H87NO13Si. The standard InChI is InChI=1S/C54H87NO13Si/c1-33-19-15-14-16-20-34(2)45(63-8)31-41-24-22-39(7)54(62,67-41)51(59)52(60)55-26-18-17-21-42(55)53(61)66-46(36(4)29-40-23-25-44(47(30-40)64-9)68-69(11,12)13)32-43(56)35(3)28-38(6)49(58)50(65-10)48(57)37(5)27-33/h14-16,19-20,28,33,35-37,39-42,44-47,49-50,58,62H,17-18,21-27,29-32H2,1-13H3/b16-14+,19-15+,34-20+,38-28+/t33-,35-,36+,37-,39-,40+,41+,42?,44-,45+,46?,47-,49-,50+,54-/m1/s1. The van der Waals surface area contributed by atoms with Gasteiger partial charge in [0.05, 0.1) is 24.4 Å². The van der Waals surface area contributed by atoms with E-state index in [0.717, 1.165) is 24.8 Å². The summed E-state index contributed by atoms with van der Waals surface area (Å²) >= 11 is 0. The molecule has 14 nitrogen and oxygen atoms in total. The number of piperidine rings is 1. The van der Waals surface area contributed by atoms with E-state index in [1.54, 1.807) is 41.1 Å². The van der Waals surface area contributed by atoms with Gasteiger partial charge in [0, 0.05) is 58.5 Å². The SMILES string of the molecule is CO[C@H]1C[C@@H]2CC[C@@H](C)[C@@](O)(O2)C(=O)C(=O)N2CCCCC2C(=O)OC([C@@H](C)C[C@@H]2CC[C@@H](O[Si](C)(C)C)[C@H](OC)C2)CC(=O)[C@H](C)/C=C(\C)[C@@H](O)[C@@H](OC)C(=O)[C@H](C)C[C@H](C)/C=C/C=C/C=C/1C. The van der Waals surface area contributed by atoms with Crippen LogP contribution < -0.4 is 0 Å². The van der Waals surface area contributed by atoms with Crippen molar-refractivity contribution in [1.82, 2.24) is 4.90 Å². The number of fused-ring (bicyclic) bond motifs is 3. The second kappa shape index (κ2) is 26.5. The number of Topliss-reactive ketones (excluding diaryl/α,β-unsaturated/α-hetero) is 3. The molecule has 0 radical (unpaired) electrons. The van der Waals surface area contributed by atoms with Crippen LogP contribution in [0.15, 0.2) is 47.6 Å². The lowest BCUT2D eigenvalue weighted by Crippen LogP contribution is -2.61. The molecule has 15 heteroatoms. The van der Waals surface area contributed by atoms with E-state index in [1.165, 1.54) is 12.0 Å². The van der Waals surface area contributed by atoms with Crippen molar-refractivity contribution < 1.29 is 62.3 Å². The molecule has 3 heterocycles. The molecule has 4 rings (SSSR count). The molecule has 0 aromatic carbocycles. The highest BCUT2D eigenvalue weighted by Crippen LogP contribution is 2.38. The van der Waals surface area contributed by atoms with E-state index in [9.17, 15) is 34.2 Å². The number of amides is 1. The van der Waals surface area contributed by atoms with E-state index < -0.39 is 86.1 Å². The molecule has 1 aliphatic carbocycles. The number of aliphatic hydroxyl groups is 2. The number of esters is 1. The highest BCUT2D eigenvalue weighted by molar-refractivity contribution is 6.69. The van der Waals surface area contributed by atoms with Gasteiger partial charge < -0.3 is 43.2 Å². The van der Waals surface area contributed by atoms with E-state index in [0.29, 0.717) is 50.5 Å². The number of nitrogens with zero attached hydrogens (tertiary/aromatic N) is 1. The predicted octanol–water partition coefficient (Wildman–Crippen LogP) is 8.04. The van der Waals surface area contributed by atoms with Gasteiger partial charge in [0.15, 0.2) is 14.1 Å². The van der Waals surface area contributed by atoms with Crippen molar-refractivity contribution >= 4 is 37.5 Å². The van der Waals surface area contributed by atoms with Gasteiger partial charge in [-0.15, -0.1) is 0 Å². The Morgan fingerprint density at radius 1 is 0.841 bits per heavy atom. The maximum absolute atomic E-state index is 14.5. The van der Waals surface area contributed by atoms with Crippen LogP contribution >= 0.6 is 0 Å². The molecule has 1 amide bonds. The first-order valence-corrected chi connectivity index (χ1v) is 29.0. The fourth-order valence-electron chi connectivity index (χ4n) is 10.7. The number of allylic oxidation sites excluding steroid dienone is 6. The minimum absolute atomic E-state index is 0.0132. The molecule has 2 saturated heterocycles. The average Bonchev–Trinajstić information content (AvgIpc) is 3.30. The van der Waals surface area contributed by atoms with Crippen LogP contribution in [0.5, 0.6) is 0 Å². The van der Waals surface area contributed by atoms with Crippen LogP contribution in [-0.2, 0) is 52.1 Å². The summed E-state index contributed by atoms with van der Waals surface area (Å²) in [6, 6.07) is -1.13. The minimum Gasteiger partial charge on any atom is -0.460 e. The van der Waals surface area contributed by atoms with Gasteiger partial charge in [-0.2, -0.15) is 0 Å². The van der Waals surface area contributed by atoms with Crippen molar-refractivity contribution in [2.24, 2.45) is 35.5 Å². The van der Waals surface area contributed by atoms with Crippen LogP contribution in [-0.4, -0.2) is 135 Å². The Labute approximate surface area is 414 Å². The molecule has 2 unspecified atom stereocenters. The molecule has 390 valence electrons. The molecule has 3 fully saturated rings. The van der Waals surface area contributed by atoms with Crippen molar-refractivity contribution in [3.8, 4) is 0 Å². The van der Waals surface area contributed by atoms with Crippen molar-refractivity contribution in [3.63, 3.8) is 0 Å². The number of carbonyl (C=O) groups excluding carboxylic acids is 5. The summed E-state index contributed by atoms with van der Waals surface area (Å²) in [7, 11) is 2.84. The Bertz CT molecular complexity index is 1870. The number of rotatable bonds is 8. The first-order valence-electron chi connectivity index (χ1n) is 25.6. The van der Waals surface area contributed by atoms with Gasteiger partial charge >= 0.3 is 5.97 Å². The van der Waals surface area contributed by atoms with Crippen LogP contribution in [0.3, 0.4) is 0 Å². The summed E-state index contributed by atoms with van der Waals surface area (Å²) < 4.78 is 36.4. The quantitative estimate of drug-likeness (QED) is 0.103. The molecular weight excluding hydrogens is 899 g/mol. The number of ether oxygens (including phenoxy) is 5. The van der Waals surface area contributed by atoms with Crippen molar-refractivity contribution in [3.05, 3.63) is 47.6 Å². The van der Waals surface area contributed by atoms with E-state index in [1.807, 2.05) is 58.1 Å². The van der Waals surface area contributed by atoms with Crippen molar-refractivity contribution in [1.29, 1.82) is 0 Å². The highest BCUT2D eigenvalue weighted by atomic mass is 28.4. The molecule has 4 aliphatic rings. The molecule has 2 N–H and O–H groups in total. The number of ketones is 3. The molecule has 15 atom stereocenters. The maximum atomic E-state index is 14.5. The topological polar surface area (TPSA) is 184 Å². The lowest BCUT2D eigenvalue weighted by atomic mass is 9.78. The molecule has 0 spiro atoms. The van der Waals surface area contributed by atoms with Crippen LogP contribution in [0.25, 0.3) is 0 Å². The summed E-state index contributed by atoms with van der Waals surface area (Å²) in [6.45, 7) is 19.4. The summed E-state index contributed by atoms with van der Waals surface area (Å²) in [6.07, 6.45) is 12.8. The zero-order chi connectivity index (χ0) is 51.4. The van der Waals surface area contributed by atoms with Gasteiger partial charge in [-0.05, 0) is 127 Å². The number of aliphatic hydroxyl groups excluding tert-OH is 1. The van der Waals surface area contributed by atoms with Gasteiger partial charge in [-0.25, -0.2) is 4.79 Å². The highest BCUT2D eigenvalue weighted by Gasteiger charge is 2.53. The zero-order valence-corrected chi connectivity index (χ0v) is 45.1. The Hall–Kier alpha value is -3.15. The zero-order valence-electron chi connectivity index (χ0n) is 44.1. The molecule has 0 aromatic heterocycles. The summed E-state index contributed by atoms with van der Waals surface area (Å²) in [5.74, 6) is -7.72. The number of cyclic esters (lactones) is 1. The van der Waals surface area contributed by atoms with Gasteiger partial charge in [0.25, 0.3) is 11.7 Å². The summed E-state index contributed by atoms with van der Waals surface area (Å²) in [5, 5.41) is 23.5. The lowest BCUT2D eigenvalue weighted by molar-refractivity contribution is -0.265. The molecule has 3 aliphatic heterocycles. The largest absolute Gasteiger partial charge is 0.460 e. The van der Waals surface area contributed by atoms with E-state index >= 15 is 0 Å². The summed E-state index contributed by atoms with van der Waals surface area (Å²) in [5.41, 5.74) is 1.29. The third-order valence-corrected chi connectivity index (χ3v) is 16.0. The predicted molar refractivity (Wildman–Crippen MR) is 267 cm³/mol. The van der Waals surface area contributed by atoms with Crippen LogP contribution in [0.2, 0.25) is 19.6 Å². The Morgan fingerprint density at radius 2 is 1.55 bits per heavy atom. The van der Waals surface area contributed by atoms with Gasteiger partial charge in [-0.3, -0.25) is 19.2 Å². The second-order valence-electron chi connectivity index (χ2n) is 21.8. The third-order valence-electron chi connectivity index (χ3n) is 15.0. The first kappa shape index (κ1) is 58.4. The molecule has 1 saturated carbocycles. The molecule has 0 aromatic rings. The van der Waals surface area contributed by atoms with Crippen LogP contribution in [0.1, 0.15) is 126 Å². The van der Waals surface area contributed by atoms with E-state index in [4.69, 9.17) is 28.1 Å². The minimum atomic E-state index is -2.42. The number of hydrogen-bond donors (Lipinski definition) is 2. The number of methoxy groups -OCH3 is 3. The van der Waals surface area contributed by atoms with E-state index in [-0.39, 0.29) is 60.9 Å². The Balaban J connectivity index is 1.70. The maximum Gasteiger partial charge on any atom is 0.329 e. The molecule has 2 bridgehead atoms. The normalized spacial score (nSPS) is 39.0. The fourth-order valence-corrected chi connectivity index (χ4v) is 11.9. The Morgan fingerprint density at radius 3 is 2.20 bits per heavy atom. The van der Waals surface area contributed by atoms with Gasteiger partial charge in [0.1, 0.15) is 30.1 Å². The fraction of sp³-hybridized carbons (Fsp3) is 0.759. The smallest absolute Gasteiger partial charge is 0.329 e.